The molecule has 0 aliphatic carbocycles. The average Bonchev–Trinajstić information content (AvgIpc) is 2.26. The summed E-state index contributed by atoms with van der Waals surface area (Å²) in [7, 11) is 1.59. The van der Waals surface area contributed by atoms with E-state index in [2.05, 4.69) is 5.32 Å². The van der Waals surface area contributed by atoms with Crippen molar-refractivity contribution in [3.05, 3.63) is 24.3 Å². The van der Waals surface area contributed by atoms with Gasteiger partial charge in [-0.15, -0.1) is 0 Å². The number of carbonyl (C=O) groups is 1. The largest absolute Gasteiger partial charge is 0.495 e. The first-order chi connectivity index (χ1) is 7.47. The number of ether oxygens (including phenoxy) is 1. The first-order valence-electron chi connectivity index (χ1n) is 5.07. The normalized spacial score (nSPS) is 10.9. The van der Waals surface area contributed by atoms with E-state index in [1.165, 1.54) is 0 Å². The fourth-order valence-electron chi connectivity index (χ4n) is 1.18. The SMILES string of the molecule is COc1ccccc1NCC(C)(C)C(=O)O. The first-order valence-corrected chi connectivity index (χ1v) is 5.07. The second kappa shape index (κ2) is 4.88. The average molecular weight is 223 g/mol. The molecule has 0 saturated heterocycles. The van der Waals surface area contributed by atoms with Gasteiger partial charge in [0.15, 0.2) is 0 Å². The van der Waals surface area contributed by atoms with Crippen molar-refractivity contribution < 1.29 is 14.6 Å². The minimum atomic E-state index is -0.824. The van der Waals surface area contributed by atoms with Gasteiger partial charge in [0.25, 0.3) is 0 Å². The van der Waals surface area contributed by atoms with Crippen LogP contribution in [-0.4, -0.2) is 24.7 Å². The van der Waals surface area contributed by atoms with E-state index < -0.39 is 11.4 Å². The van der Waals surface area contributed by atoms with E-state index >= 15 is 0 Å². The first kappa shape index (κ1) is 12.4. The van der Waals surface area contributed by atoms with Crippen LogP contribution in [0.1, 0.15) is 13.8 Å². The number of anilines is 1. The molecule has 0 radical (unpaired) electrons. The Kier molecular flexibility index (Phi) is 3.77. The lowest BCUT2D eigenvalue weighted by molar-refractivity contribution is -0.146. The summed E-state index contributed by atoms with van der Waals surface area (Å²) in [6, 6.07) is 7.43. The fourth-order valence-corrected chi connectivity index (χ4v) is 1.18. The van der Waals surface area contributed by atoms with Crippen LogP contribution in [0.25, 0.3) is 0 Å². The number of para-hydroxylation sites is 2. The Labute approximate surface area is 95.2 Å². The molecule has 1 aromatic carbocycles. The van der Waals surface area contributed by atoms with E-state index in [1.54, 1.807) is 21.0 Å². The highest BCUT2D eigenvalue weighted by atomic mass is 16.5. The highest BCUT2D eigenvalue weighted by Crippen LogP contribution is 2.25. The molecule has 0 heterocycles. The van der Waals surface area contributed by atoms with Gasteiger partial charge in [0.1, 0.15) is 5.75 Å². The second-order valence-corrected chi connectivity index (χ2v) is 4.24. The molecule has 4 heteroatoms. The maximum absolute atomic E-state index is 10.9. The Morgan fingerprint density at radius 3 is 2.62 bits per heavy atom. The molecule has 0 unspecified atom stereocenters. The van der Waals surface area contributed by atoms with Gasteiger partial charge in [0.05, 0.1) is 18.2 Å². The van der Waals surface area contributed by atoms with Gasteiger partial charge >= 0.3 is 5.97 Å². The van der Waals surface area contributed by atoms with Gasteiger partial charge in [-0.2, -0.15) is 0 Å². The van der Waals surface area contributed by atoms with Crippen molar-refractivity contribution in [3.8, 4) is 5.75 Å². The monoisotopic (exact) mass is 223 g/mol. The number of aliphatic carboxylic acids is 1. The van der Waals surface area contributed by atoms with Gasteiger partial charge in [-0.1, -0.05) is 12.1 Å². The lowest BCUT2D eigenvalue weighted by atomic mass is 9.94. The number of carboxylic acids is 1. The smallest absolute Gasteiger partial charge is 0.310 e. The standard InChI is InChI=1S/C12H17NO3/c1-12(2,11(14)15)8-13-9-6-4-5-7-10(9)16-3/h4-7,13H,8H2,1-3H3,(H,14,15). The van der Waals surface area contributed by atoms with Crippen LogP contribution < -0.4 is 10.1 Å². The summed E-state index contributed by atoms with van der Waals surface area (Å²) in [6.07, 6.45) is 0. The summed E-state index contributed by atoms with van der Waals surface area (Å²) in [6.45, 7) is 3.71. The lowest BCUT2D eigenvalue weighted by Crippen LogP contribution is -2.31. The molecule has 1 aromatic rings. The predicted molar refractivity (Wildman–Crippen MR) is 62.9 cm³/mol. The molecule has 0 bridgehead atoms. The fraction of sp³-hybridized carbons (Fsp3) is 0.417. The molecule has 88 valence electrons. The van der Waals surface area contributed by atoms with Crippen LogP contribution in [0, 0.1) is 5.41 Å². The number of nitrogens with one attached hydrogen (secondary N) is 1. The van der Waals surface area contributed by atoms with Crippen LogP contribution in [0.2, 0.25) is 0 Å². The van der Waals surface area contributed by atoms with Crippen LogP contribution in [0.4, 0.5) is 5.69 Å². The van der Waals surface area contributed by atoms with E-state index in [4.69, 9.17) is 9.84 Å². The van der Waals surface area contributed by atoms with E-state index in [0.717, 1.165) is 5.69 Å². The van der Waals surface area contributed by atoms with Gasteiger partial charge in [-0.25, -0.2) is 0 Å². The van der Waals surface area contributed by atoms with Crippen LogP contribution in [0.5, 0.6) is 5.75 Å². The minimum Gasteiger partial charge on any atom is -0.495 e. The Morgan fingerprint density at radius 1 is 1.44 bits per heavy atom. The number of hydrogen-bond acceptors (Lipinski definition) is 3. The summed E-state index contributed by atoms with van der Waals surface area (Å²) in [5.41, 5.74) is 0.000221. The third-order valence-corrected chi connectivity index (χ3v) is 2.41. The zero-order valence-corrected chi connectivity index (χ0v) is 9.78. The molecule has 0 atom stereocenters. The molecule has 0 fully saturated rings. The molecule has 0 saturated carbocycles. The molecular formula is C12H17NO3. The van der Waals surface area contributed by atoms with E-state index in [0.29, 0.717) is 12.3 Å². The molecule has 0 spiro atoms. The zero-order valence-electron chi connectivity index (χ0n) is 9.78. The molecule has 0 aliphatic rings. The van der Waals surface area contributed by atoms with E-state index in [1.807, 2.05) is 24.3 Å². The van der Waals surface area contributed by atoms with Gasteiger partial charge in [0, 0.05) is 6.54 Å². The molecule has 0 aliphatic heterocycles. The maximum atomic E-state index is 10.9. The Balaban J connectivity index is 2.71. The van der Waals surface area contributed by atoms with Crippen LogP contribution in [0.3, 0.4) is 0 Å². The van der Waals surface area contributed by atoms with E-state index in [-0.39, 0.29) is 0 Å². The van der Waals surface area contributed by atoms with Gasteiger partial charge in [-0.3, -0.25) is 4.79 Å². The highest BCUT2D eigenvalue weighted by molar-refractivity contribution is 5.74. The van der Waals surface area contributed by atoms with E-state index in [9.17, 15) is 4.79 Å². The Hall–Kier alpha value is -1.71. The second-order valence-electron chi connectivity index (χ2n) is 4.24. The van der Waals surface area contributed by atoms with Crippen LogP contribution in [0.15, 0.2) is 24.3 Å². The Morgan fingerprint density at radius 2 is 2.06 bits per heavy atom. The summed E-state index contributed by atoms with van der Waals surface area (Å²) in [5.74, 6) is -0.112. The number of rotatable bonds is 5. The topological polar surface area (TPSA) is 58.6 Å². The van der Waals surface area contributed by atoms with Gasteiger partial charge < -0.3 is 15.2 Å². The molecular weight excluding hydrogens is 206 g/mol. The number of carboxylic acid groups (broad SMARTS) is 1. The highest BCUT2D eigenvalue weighted by Gasteiger charge is 2.26. The number of hydrogen-bond donors (Lipinski definition) is 2. The number of methoxy groups -OCH3 is 1. The summed E-state index contributed by atoms with van der Waals surface area (Å²) in [4.78, 5) is 10.9. The van der Waals surface area contributed by atoms with Crippen molar-refractivity contribution in [2.45, 2.75) is 13.8 Å². The summed E-state index contributed by atoms with van der Waals surface area (Å²) < 4.78 is 5.16. The maximum Gasteiger partial charge on any atom is 0.310 e. The predicted octanol–water partition coefficient (Wildman–Crippen LogP) is 2.22. The van der Waals surface area contributed by atoms with Gasteiger partial charge in [0.2, 0.25) is 0 Å². The lowest BCUT2D eigenvalue weighted by Gasteiger charge is -2.21. The van der Waals surface area contributed by atoms with Crippen molar-refractivity contribution in [3.63, 3.8) is 0 Å². The van der Waals surface area contributed by atoms with Crippen molar-refractivity contribution in [2.24, 2.45) is 5.41 Å². The van der Waals surface area contributed by atoms with Crippen molar-refractivity contribution in [1.82, 2.24) is 0 Å². The molecule has 1 rings (SSSR count). The van der Waals surface area contributed by atoms with Gasteiger partial charge in [-0.05, 0) is 26.0 Å². The van der Waals surface area contributed by atoms with Crippen molar-refractivity contribution in [2.75, 3.05) is 19.0 Å². The van der Waals surface area contributed by atoms with Crippen molar-refractivity contribution in [1.29, 1.82) is 0 Å². The zero-order chi connectivity index (χ0) is 12.2. The minimum absolute atomic E-state index is 0.350. The summed E-state index contributed by atoms with van der Waals surface area (Å²) in [5, 5.41) is 12.1. The van der Waals surface area contributed by atoms with Crippen LogP contribution >= 0.6 is 0 Å². The summed E-state index contributed by atoms with van der Waals surface area (Å²) >= 11 is 0. The number of benzene rings is 1. The third-order valence-electron chi connectivity index (χ3n) is 2.41. The quantitative estimate of drug-likeness (QED) is 0.803. The third kappa shape index (κ3) is 2.89. The van der Waals surface area contributed by atoms with Crippen molar-refractivity contribution >= 4 is 11.7 Å². The molecule has 2 N–H and O–H groups in total. The molecule has 0 aromatic heterocycles. The molecule has 0 amide bonds. The Bertz CT molecular complexity index is 374. The molecule has 16 heavy (non-hydrogen) atoms. The van der Waals surface area contributed by atoms with Crippen LogP contribution in [-0.2, 0) is 4.79 Å². The molecule has 4 nitrogen and oxygen atoms in total.